The number of benzene rings is 2. The van der Waals surface area contributed by atoms with Crippen molar-refractivity contribution in [3.05, 3.63) is 115 Å². The van der Waals surface area contributed by atoms with Crippen molar-refractivity contribution in [3.63, 3.8) is 0 Å². The molecule has 0 aromatic heterocycles. The Morgan fingerprint density at radius 2 is 1.37 bits per heavy atom. The van der Waals surface area contributed by atoms with E-state index in [0.717, 1.165) is 0 Å². The Hall–Kier alpha value is -2.72. The molecule has 1 heterocycles. The Balaban J connectivity index is 1.30. The highest BCUT2D eigenvalue weighted by Crippen LogP contribution is 2.59. The molecule has 0 bridgehead atoms. The van der Waals surface area contributed by atoms with Crippen molar-refractivity contribution < 1.29 is 0 Å². The number of rotatable bonds is 4. The Kier molecular flexibility index (Phi) is 5.88. The second kappa shape index (κ2) is 9.19. The molecule has 2 aromatic carbocycles. The van der Waals surface area contributed by atoms with Gasteiger partial charge in [-0.15, -0.1) is 0 Å². The van der Waals surface area contributed by atoms with Crippen molar-refractivity contribution in [1.29, 1.82) is 0 Å². The summed E-state index contributed by atoms with van der Waals surface area (Å²) in [4.78, 5) is 0. The van der Waals surface area contributed by atoms with Crippen molar-refractivity contribution in [2.45, 2.75) is 50.7 Å². The third kappa shape index (κ3) is 3.59. The molecule has 5 unspecified atom stereocenters. The zero-order chi connectivity index (χ0) is 26.0. The molecule has 0 spiro atoms. The van der Waals surface area contributed by atoms with Crippen molar-refractivity contribution in [1.82, 2.24) is 9.88 Å². The number of fused-ring (bicyclic) bond motifs is 5. The molecule has 4 aliphatic carbocycles. The fourth-order valence-corrected chi connectivity index (χ4v) is 13.7. The Morgan fingerprint density at radius 1 is 0.737 bits per heavy atom. The smallest absolute Gasteiger partial charge is 0.129 e. The van der Waals surface area contributed by atoms with Gasteiger partial charge in [0.2, 0.25) is 0 Å². The third-order valence-corrected chi connectivity index (χ3v) is 14.5. The highest BCUT2D eigenvalue weighted by Gasteiger charge is 2.59. The largest absolute Gasteiger partial charge is 0.301 e. The Bertz CT molecular complexity index is 1380. The molecule has 3 heteroatoms. The quantitative estimate of drug-likeness (QED) is 0.418. The molecule has 2 nitrogen and oxygen atoms in total. The van der Waals surface area contributed by atoms with E-state index in [1.807, 2.05) is 0 Å². The third-order valence-electron chi connectivity index (χ3n) is 10.2. The summed E-state index contributed by atoms with van der Waals surface area (Å²) in [6, 6.07) is 16.3. The second-order valence-electron chi connectivity index (χ2n) is 12.8. The molecule has 2 fully saturated rings. The average Bonchev–Trinajstić information content (AvgIpc) is 3.50. The average molecular weight is 517 g/mol. The molecule has 1 aliphatic heterocycles. The summed E-state index contributed by atoms with van der Waals surface area (Å²) in [6.07, 6.45) is 26.9. The maximum Gasteiger partial charge on any atom is 0.129 e. The lowest BCUT2D eigenvalue weighted by molar-refractivity contribution is 0.258. The van der Waals surface area contributed by atoms with Gasteiger partial charge in [-0.2, -0.15) is 0 Å². The molecular weight excluding hydrogens is 476 g/mol. The van der Waals surface area contributed by atoms with Crippen LogP contribution in [0.15, 0.2) is 109 Å². The van der Waals surface area contributed by atoms with Gasteiger partial charge in [0, 0.05) is 6.04 Å². The van der Waals surface area contributed by atoms with Crippen LogP contribution in [0, 0.1) is 29.6 Å². The number of hydrogen-bond donors (Lipinski definition) is 1. The minimum absolute atomic E-state index is 0.307. The first-order valence-electron chi connectivity index (χ1n) is 14.6. The molecule has 0 amide bonds. The summed E-state index contributed by atoms with van der Waals surface area (Å²) in [6.45, 7) is 10.2. The molecule has 0 radical (unpaired) electrons. The standard InChI is InChI=1S/C35H40N2Si/c1-23(2)35-36-33-29(26-20-11-14-24-13-5-6-15-25(24)26)21-12-22-32(33)37(35)38(3,4)34-30-18-9-7-16-27(30)28-17-8-10-19-31(28)34/h5-23,27-28,30-36H,1-4H3/t27?,28?,30?,31?,32-,33?,34?,35+/m1/s1. The number of hydrogen-bond acceptors (Lipinski definition) is 2. The topological polar surface area (TPSA) is 15.3 Å². The summed E-state index contributed by atoms with van der Waals surface area (Å²) in [7, 11) is -1.95. The summed E-state index contributed by atoms with van der Waals surface area (Å²) in [5, 5.41) is 6.88. The monoisotopic (exact) mass is 516 g/mol. The zero-order valence-corrected chi connectivity index (χ0v) is 24.0. The van der Waals surface area contributed by atoms with Crippen LogP contribution in [0.5, 0.6) is 0 Å². The molecule has 7 rings (SSSR count). The van der Waals surface area contributed by atoms with E-state index in [0.29, 0.717) is 53.4 Å². The molecule has 1 N–H and O–H groups in total. The summed E-state index contributed by atoms with van der Waals surface area (Å²) >= 11 is 0. The van der Waals surface area contributed by atoms with Crippen molar-refractivity contribution >= 4 is 24.6 Å². The zero-order valence-electron chi connectivity index (χ0n) is 23.0. The van der Waals surface area contributed by atoms with Crippen LogP contribution in [0.3, 0.4) is 0 Å². The van der Waals surface area contributed by atoms with E-state index in [-0.39, 0.29) is 0 Å². The van der Waals surface area contributed by atoms with Gasteiger partial charge >= 0.3 is 0 Å². The number of nitrogens with one attached hydrogen (secondary N) is 1. The van der Waals surface area contributed by atoms with E-state index in [2.05, 4.69) is 146 Å². The highest BCUT2D eigenvalue weighted by atomic mass is 28.3. The summed E-state index contributed by atoms with van der Waals surface area (Å²) in [5.74, 6) is 3.03. The van der Waals surface area contributed by atoms with Crippen LogP contribution in [-0.4, -0.2) is 31.1 Å². The lowest BCUT2D eigenvalue weighted by Gasteiger charge is -2.49. The molecular formula is C35H40N2Si. The minimum atomic E-state index is -1.95. The summed E-state index contributed by atoms with van der Waals surface area (Å²) in [5.41, 5.74) is 3.50. The maximum atomic E-state index is 4.21. The molecule has 38 heavy (non-hydrogen) atoms. The molecule has 7 atom stereocenters. The van der Waals surface area contributed by atoms with Crippen LogP contribution in [0.1, 0.15) is 19.4 Å². The first kappa shape index (κ1) is 24.3. The van der Waals surface area contributed by atoms with Gasteiger partial charge in [-0.1, -0.05) is 136 Å². The van der Waals surface area contributed by atoms with Crippen LogP contribution >= 0.6 is 0 Å². The van der Waals surface area contributed by atoms with Crippen molar-refractivity contribution in [2.24, 2.45) is 29.6 Å². The first-order chi connectivity index (χ1) is 18.5. The summed E-state index contributed by atoms with van der Waals surface area (Å²) < 4.78 is 3.01. The SMILES string of the molecule is CC(C)[C@H]1NC2C(c3cccc4ccccc34)=CC=C[C@H]2N1[Si](C)(C)C1C2C=CC=CC2C2C=CC=CC21. The Labute approximate surface area is 229 Å². The highest BCUT2D eigenvalue weighted by molar-refractivity contribution is 6.76. The van der Waals surface area contributed by atoms with E-state index < -0.39 is 8.24 Å². The van der Waals surface area contributed by atoms with Gasteiger partial charge in [0.1, 0.15) is 8.24 Å². The van der Waals surface area contributed by atoms with E-state index in [9.17, 15) is 0 Å². The van der Waals surface area contributed by atoms with Gasteiger partial charge in [0.05, 0.1) is 12.2 Å². The normalized spacial score (nSPS) is 35.6. The van der Waals surface area contributed by atoms with Crippen LogP contribution in [0.4, 0.5) is 0 Å². The minimum Gasteiger partial charge on any atom is -0.301 e. The van der Waals surface area contributed by atoms with Gasteiger partial charge < -0.3 is 4.57 Å². The second-order valence-corrected chi connectivity index (χ2v) is 17.3. The van der Waals surface area contributed by atoms with E-state index in [1.54, 1.807) is 0 Å². The first-order valence-corrected chi connectivity index (χ1v) is 17.6. The number of nitrogens with zero attached hydrogens (tertiary/aromatic N) is 1. The van der Waals surface area contributed by atoms with Gasteiger partial charge in [-0.25, -0.2) is 0 Å². The molecule has 1 saturated heterocycles. The fraction of sp³-hybridized carbons (Fsp3) is 0.371. The predicted octanol–water partition coefficient (Wildman–Crippen LogP) is 7.72. The van der Waals surface area contributed by atoms with Crippen LogP contribution in [0.2, 0.25) is 18.6 Å². The van der Waals surface area contributed by atoms with Gasteiger partial charge in [0.15, 0.2) is 0 Å². The van der Waals surface area contributed by atoms with E-state index in [1.165, 1.54) is 21.9 Å². The van der Waals surface area contributed by atoms with Crippen molar-refractivity contribution in [2.75, 3.05) is 0 Å². The maximum absolute atomic E-state index is 4.21. The van der Waals surface area contributed by atoms with Crippen molar-refractivity contribution in [3.8, 4) is 0 Å². The lowest BCUT2D eigenvalue weighted by atomic mass is 9.83. The van der Waals surface area contributed by atoms with Crippen LogP contribution in [0.25, 0.3) is 16.3 Å². The molecule has 2 aromatic rings. The molecule has 1 saturated carbocycles. The molecule has 5 aliphatic rings. The van der Waals surface area contributed by atoms with Gasteiger partial charge in [0.25, 0.3) is 0 Å². The van der Waals surface area contributed by atoms with Gasteiger partial charge in [-0.05, 0) is 57.0 Å². The predicted molar refractivity (Wildman–Crippen MR) is 164 cm³/mol. The van der Waals surface area contributed by atoms with E-state index in [4.69, 9.17) is 0 Å². The molecule has 194 valence electrons. The lowest BCUT2D eigenvalue weighted by Crippen LogP contribution is -2.61. The van der Waals surface area contributed by atoms with Crippen LogP contribution in [-0.2, 0) is 0 Å². The Morgan fingerprint density at radius 3 is 2.05 bits per heavy atom. The number of allylic oxidation sites excluding steroid dienone is 10. The van der Waals surface area contributed by atoms with Crippen LogP contribution < -0.4 is 5.32 Å². The fourth-order valence-electron chi connectivity index (χ4n) is 8.70. The van der Waals surface area contributed by atoms with Gasteiger partial charge in [-0.3, -0.25) is 5.32 Å². The van der Waals surface area contributed by atoms with E-state index >= 15 is 0 Å².